The van der Waals surface area contributed by atoms with E-state index in [1.165, 1.54) is 0 Å². The Balaban J connectivity index is 1.70. The molecule has 0 saturated heterocycles. The average molecular weight is 453 g/mol. The topological polar surface area (TPSA) is 74.4 Å². The van der Waals surface area contributed by atoms with Crippen molar-refractivity contribution in [3.8, 4) is 5.75 Å². The number of thiocarbonyl (C=S) groups is 2. The number of halogens is 1. The van der Waals surface area contributed by atoms with E-state index in [9.17, 15) is 4.79 Å². The van der Waals surface area contributed by atoms with Gasteiger partial charge in [-0.05, 0) is 67.3 Å². The molecule has 0 heterocycles. The van der Waals surface area contributed by atoms with Gasteiger partial charge in [-0.1, -0.05) is 34.1 Å². The van der Waals surface area contributed by atoms with Gasteiger partial charge in [-0.25, -0.2) is 0 Å². The zero-order chi connectivity index (χ0) is 18.9. The predicted molar refractivity (Wildman–Crippen MR) is 114 cm³/mol. The number of para-hydroxylation sites is 1. The summed E-state index contributed by atoms with van der Waals surface area (Å²) >= 11 is 13.5. The number of hydrogen-bond donors (Lipinski definition) is 4. The van der Waals surface area contributed by atoms with E-state index in [0.29, 0.717) is 10.9 Å². The molecule has 0 aliphatic heterocycles. The molecule has 0 aromatic heterocycles. The van der Waals surface area contributed by atoms with Gasteiger partial charge in [0.25, 0.3) is 5.91 Å². The SMILES string of the molecule is Cc1cc(Br)ccc1OCC(=O)NC(=S)NNC(=S)Nc1ccccc1. The van der Waals surface area contributed by atoms with Crippen molar-refractivity contribution in [2.45, 2.75) is 6.92 Å². The summed E-state index contributed by atoms with van der Waals surface area (Å²) in [6.45, 7) is 1.74. The second-order valence-corrected chi connectivity index (χ2v) is 6.88. The molecule has 0 spiro atoms. The number of hydrazine groups is 1. The fourth-order valence-electron chi connectivity index (χ4n) is 1.91. The Kier molecular flexibility index (Phi) is 7.76. The van der Waals surface area contributed by atoms with Gasteiger partial charge in [-0.3, -0.25) is 21.0 Å². The number of carbonyl (C=O) groups excluding carboxylic acids is 1. The third-order valence-corrected chi connectivity index (χ3v) is 3.97. The lowest BCUT2D eigenvalue weighted by atomic mass is 10.2. The fraction of sp³-hybridized carbons (Fsp3) is 0.118. The first-order valence-electron chi connectivity index (χ1n) is 7.55. The van der Waals surface area contributed by atoms with Crippen LogP contribution in [0.4, 0.5) is 5.69 Å². The second kappa shape index (κ2) is 10.0. The van der Waals surface area contributed by atoms with Gasteiger partial charge >= 0.3 is 0 Å². The second-order valence-electron chi connectivity index (χ2n) is 5.15. The minimum absolute atomic E-state index is 0.0864. The van der Waals surface area contributed by atoms with E-state index in [4.69, 9.17) is 29.2 Å². The molecular formula is C17H17BrN4O2S2. The van der Waals surface area contributed by atoms with E-state index in [1.54, 1.807) is 6.07 Å². The molecular weight excluding hydrogens is 436 g/mol. The number of amides is 1. The molecule has 6 nitrogen and oxygen atoms in total. The number of rotatable bonds is 4. The summed E-state index contributed by atoms with van der Waals surface area (Å²) in [4.78, 5) is 11.9. The summed E-state index contributed by atoms with van der Waals surface area (Å²) in [5, 5.41) is 5.86. The minimum Gasteiger partial charge on any atom is -0.483 e. The highest BCUT2D eigenvalue weighted by molar-refractivity contribution is 9.10. The molecule has 0 atom stereocenters. The molecule has 0 aliphatic rings. The number of benzene rings is 2. The highest BCUT2D eigenvalue weighted by Crippen LogP contribution is 2.21. The molecule has 26 heavy (non-hydrogen) atoms. The van der Waals surface area contributed by atoms with Crippen molar-refractivity contribution in [2.75, 3.05) is 11.9 Å². The number of hydrogen-bond acceptors (Lipinski definition) is 4. The highest BCUT2D eigenvalue weighted by atomic mass is 79.9. The van der Waals surface area contributed by atoms with Gasteiger partial charge in [0.2, 0.25) is 0 Å². The average Bonchev–Trinajstić information content (AvgIpc) is 2.60. The minimum atomic E-state index is -0.381. The summed E-state index contributed by atoms with van der Waals surface area (Å²) < 4.78 is 6.43. The van der Waals surface area contributed by atoms with E-state index in [-0.39, 0.29) is 17.6 Å². The summed E-state index contributed by atoms with van der Waals surface area (Å²) in [6, 6.07) is 15.0. The normalized spacial score (nSPS) is 9.77. The van der Waals surface area contributed by atoms with Crippen molar-refractivity contribution in [2.24, 2.45) is 0 Å². The molecule has 2 aromatic rings. The number of aryl methyl sites for hydroxylation is 1. The molecule has 0 saturated carbocycles. The molecule has 9 heteroatoms. The Morgan fingerprint density at radius 2 is 1.77 bits per heavy atom. The van der Waals surface area contributed by atoms with Crippen molar-refractivity contribution >= 4 is 62.2 Å². The predicted octanol–water partition coefficient (Wildman–Crippen LogP) is 3.03. The molecule has 0 aliphatic carbocycles. The summed E-state index contributed by atoms with van der Waals surface area (Å²) in [5.74, 6) is 0.252. The Morgan fingerprint density at radius 3 is 2.46 bits per heavy atom. The Bertz CT molecular complexity index is 803. The molecule has 136 valence electrons. The van der Waals surface area contributed by atoms with Gasteiger partial charge in [0.1, 0.15) is 5.75 Å². The van der Waals surface area contributed by atoms with Crippen molar-refractivity contribution in [1.82, 2.24) is 16.2 Å². The molecule has 0 bridgehead atoms. The number of anilines is 1. The van der Waals surface area contributed by atoms with Gasteiger partial charge in [0, 0.05) is 10.2 Å². The maximum absolute atomic E-state index is 11.9. The van der Waals surface area contributed by atoms with E-state index < -0.39 is 0 Å². The van der Waals surface area contributed by atoms with Crippen LogP contribution in [0.15, 0.2) is 53.0 Å². The van der Waals surface area contributed by atoms with Crippen LogP contribution in [0.2, 0.25) is 0 Å². The van der Waals surface area contributed by atoms with Crippen molar-refractivity contribution < 1.29 is 9.53 Å². The van der Waals surface area contributed by atoms with Crippen LogP contribution in [0.5, 0.6) is 5.75 Å². The number of nitrogens with one attached hydrogen (secondary N) is 4. The standard InChI is InChI=1S/C17H17BrN4O2S2/c1-11-9-12(18)7-8-14(11)24-10-15(23)20-17(26)22-21-16(25)19-13-5-3-2-4-6-13/h2-9H,10H2,1H3,(H2,19,21,25)(H2,20,22,23,26). The van der Waals surface area contributed by atoms with Crippen LogP contribution in [-0.4, -0.2) is 22.7 Å². The highest BCUT2D eigenvalue weighted by Gasteiger charge is 2.07. The maximum atomic E-state index is 11.9. The van der Waals surface area contributed by atoms with E-state index in [1.807, 2.05) is 49.4 Å². The number of carbonyl (C=O) groups is 1. The summed E-state index contributed by atoms with van der Waals surface area (Å²) in [5.41, 5.74) is 7.08. The monoisotopic (exact) mass is 452 g/mol. The first-order valence-corrected chi connectivity index (χ1v) is 9.16. The molecule has 1 amide bonds. The Morgan fingerprint density at radius 1 is 1.08 bits per heavy atom. The largest absolute Gasteiger partial charge is 0.483 e. The quantitative estimate of drug-likeness (QED) is 0.419. The van der Waals surface area contributed by atoms with Crippen LogP contribution in [0.25, 0.3) is 0 Å². The van der Waals surface area contributed by atoms with E-state index in [2.05, 4.69) is 37.4 Å². The Labute approximate surface area is 170 Å². The van der Waals surface area contributed by atoms with E-state index in [0.717, 1.165) is 15.7 Å². The molecule has 0 unspecified atom stereocenters. The zero-order valence-corrected chi connectivity index (χ0v) is 17.1. The van der Waals surface area contributed by atoms with Crippen LogP contribution in [0.1, 0.15) is 5.56 Å². The lowest BCUT2D eigenvalue weighted by Crippen LogP contribution is -2.50. The van der Waals surface area contributed by atoms with Gasteiger partial charge < -0.3 is 10.1 Å². The fourth-order valence-corrected chi connectivity index (χ4v) is 2.72. The first kappa shape index (κ1) is 20.1. The van der Waals surface area contributed by atoms with Crippen LogP contribution < -0.4 is 26.2 Å². The van der Waals surface area contributed by atoms with Crippen LogP contribution in [-0.2, 0) is 4.79 Å². The molecule has 2 rings (SSSR count). The van der Waals surface area contributed by atoms with Crippen molar-refractivity contribution in [3.05, 3.63) is 58.6 Å². The van der Waals surface area contributed by atoms with Gasteiger partial charge in [0.05, 0.1) is 0 Å². The van der Waals surface area contributed by atoms with Crippen LogP contribution in [0, 0.1) is 6.92 Å². The smallest absolute Gasteiger partial charge is 0.264 e. The first-order chi connectivity index (χ1) is 12.4. The van der Waals surface area contributed by atoms with Crippen molar-refractivity contribution in [1.29, 1.82) is 0 Å². The molecule has 2 aromatic carbocycles. The zero-order valence-electron chi connectivity index (χ0n) is 13.8. The van der Waals surface area contributed by atoms with Crippen molar-refractivity contribution in [3.63, 3.8) is 0 Å². The molecule has 0 radical (unpaired) electrons. The third-order valence-electron chi connectivity index (χ3n) is 3.07. The van der Waals surface area contributed by atoms with Gasteiger partial charge in [-0.15, -0.1) is 0 Å². The summed E-state index contributed by atoms with van der Waals surface area (Å²) in [6.07, 6.45) is 0. The lowest BCUT2D eigenvalue weighted by molar-refractivity contribution is -0.121. The van der Waals surface area contributed by atoms with Crippen LogP contribution >= 0.6 is 40.4 Å². The maximum Gasteiger partial charge on any atom is 0.264 e. The molecule has 0 fully saturated rings. The Hall–Kier alpha value is -2.23. The van der Waals surface area contributed by atoms with Gasteiger partial charge in [0.15, 0.2) is 16.8 Å². The van der Waals surface area contributed by atoms with Crippen LogP contribution in [0.3, 0.4) is 0 Å². The number of ether oxygens (including phenoxy) is 1. The third kappa shape index (κ3) is 6.95. The lowest BCUT2D eigenvalue weighted by Gasteiger charge is -2.14. The molecule has 4 N–H and O–H groups in total. The van der Waals surface area contributed by atoms with Gasteiger partial charge in [-0.2, -0.15) is 0 Å². The summed E-state index contributed by atoms with van der Waals surface area (Å²) in [7, 11) is 0. The van der Waals surface area contributed by atoms with E-state index >= 15 is 0 Å².